The number of aromatic nitrogens is 4. The summed E-state index contributed by atoms with van der Waals surface area (Å²) in [4.78, 5) is 23.0. The largest absolute Gasteiger partial charge is 0.347 e. The molecule has 0 radical (unpaired) electrons. The van der Waals surface area contributed by atoms with Gasteiger partial charge in [-0.15, -0.1) is 5.10 Å². The standard InChI is InChI=1S/C16H20N6OS/c1-10-7-11(2)22-16(18-10)19-14(20-22)15(23)17-8-13(21(3)4)12-5-6-24-9-12/h5-7,9,13H,8H2,1-4H3,(H,17,23). The number of likely N-dealkylation sites (N-methyl/N-ethyl adjacent to an activating group) is 1. The maximum atomic E-state index is 12.4. The van der Waals surface area contributed by atoms with Gasteiger partial charge in [0.15, 0.2) is 0 Å². The van der Waals surface area contributed by atoms with Gasteiger partial charge in [0.2, 0.25) is 5.82 Å². The van der Waals surface area contributed by atoms with E-state index in [1.165, 1.54) is 5.56 Å². The maximum Gasteiger partial charge on any atom is 0.291 e. The van der Waals surface area contributed by atoms with Crippen LogP contribution in [0.3, 0.4) is 0 Å². The van der Waals surface area contributed by atoms with E-state index < -0.39 is 0 Å². The molecule has 1 atom stereocenters. The number of hydrogen-bond acceptors (Lipinski definition) is 6. The molecule has 0 spiro atoms. The van der Waals surface area contributed by atoms with Crippen molar-refractivity contribution < 1.29 is 4.79 Å². The van der Waals surface area contributed by atoms with Crippen LogP contribution >= 0.6 is 11.3 Å². The van der Waals surface area contributed by atoms with Crippen molar-refractivity contribution in [3.05, 3.63) is 45.7 Å². The highest BCUT2D eigenvalue weighted by molar-refractivity contribution is 7.07. The van der Waals surface area contributed by atoms with Crippen molar-refractivity contribution in [3.8, 4) is 0 Å². The van der Waals surface area contributed by atoms with Gasteiger partial charge in [-0.25, -0.2) is 9.50 Å². The Hall–Kier alpha value is -2.32. The van der Waals surface area contributed by atoms with Gasteiger partial charge in [-0.3, -0.25) is 4.79 Å². The maximum absolute atomic E-state index is 12.4. The smallest absolute Gasteiger partial charge is 0.291 e. The molecular weight excluding hydrogens is 324 g/mol. The fourth-order valence-electron chi connectivity index (χ4n) is 2.59. The molecule has 126 valence electrons. The molecule has 1 amide bonds. The molecule has 24 heavy (non-hydrogen) atoms. The number of nitrogens with zero attached hydrogens (tertiary/aromatic N) is 5. The van der Waals surface area contributed by atoms with E-state index in [-0.39, 0.29) is 17.8 Å². The molecule has 3 heterocycles. The van der Waals surface area contributed by atoms with Crippen LogP contribution < -0.4 is 5.32 Å². The molecule has 3 aromatic heterocycles. The fourth-order valence-corrected chi connectivity index (χ4v) is 3.30. The van der Waals surface area contributed by atoms with E-state index in [0.717, 1.165) is 11.4 Å². The summed E-state index contributed by atoms with van der Waals surface area (Å²) in [6, 6.07) is 4.09. The lowest BCUT2D eigenvalue weighted by Crippen LogP contribution is -2.34. The first-order chi connectivity index (χ1) is 11.5. The van der Waals surface area contributed by atoms with Crippen LogP contribution in [0.1, 0.15) is 33.6 Å². The molecule has 1 N–H and O–H groups in total. The molecule has 7 nitrogen and oxygen atoms in total. The second kappa shape index (κ2) is 6.66. The van der Waals surface area contributed by atoms with Crippen molar-refractivity contribution >= 4 is 23.0 Å². The number of thiophene rings is 1. The van der Waals surface area contributed by atoms with E-state index in [9.17, 15) is 4.79 Å². The molecule has 8 heteroatoms. The number of rotatable bonds is 5. The molecule has 0 saturated heterocycles. The van der Waals surface area contributed by atoms with Crippen molar-refractivity contribution in [3.63, 3.8) is 0 Å². The van der Waals surface area contributed by atoms with Crippen LogP contribution in [0.5, 0.6) is 0 Å². The Morgan fingerprint density at radius 1 is 1.38 bits per heavy atom. The van der Waals surface area contributed by atoms with Crippen LogP contribution in [0.4, 0.5) is 0 Å². The predicted octanol–water partition coefficient (Wildman–Crippen LogP) is 1.84. The van der Waals surface area contributed by atoms with Crippen LogP contribution in [-0.2, 0) is 0 Å². The average Bonchev–Trinajstić information content (AvgIpc) is 3.16. The summed E-state index contributed by atoms with van der Waals surface area (Å²) < 4.78 is 1.59. The Labute approximate surface area is 144 Å². The number of aryl methyl sites for hydroxylation is 2. The Kier molecular flexibility index (Phi) is 4.59. The number of fused-ring (bicyclic) bond motifs is 1. The number of hydrogen-bond donors (Lipinski definition) is 1. The van der Waals surface area contributed by atoms with E-state index in [1.54, 1.807) is 15.9 Å². The fraction of sp³-hybridized carbons (Fsp3) is 0.375. The van der Waals surface area contributed by atoms with Crippen LogP contribution in [-0.4, -0.2) is 51.0 Å². The minimum atomic E-state index is -0.292. The third-order valence-corrected chi connectivity index (χ3v) is 4.53. The summed E-state index contributed by atoms with van der Waals surface area (Å²) in [7, 11) is 3.99. The Morgan fingerprint density at radius 3 is 2.83 bits per heavy atom. The first kappa shape index (κ1) is 16.5. The second-order valence-corrected chi connectivity index (χ2v) is 6.71. The van der Waals surface area contributed by atoms with Gasteiger partial charge < -0.3 is 10.2 Å². The van der Waals surface area contributed by atoms with Crippen molar-refractivity contribution in [2.75, 3.05) is 20.6 Å². The van der Waals surface area contributed by atoms with E-state index in [1.807, 2.05) is 39.4 Å². The highest BCUT2D eigenvalue weighted by atomic mass is 32.1. The van der Waals surface area contributed by atoms with Crippen LogP contribution in [0, 0.1) is 13.8 Å². The zero-order valence-corrected chi connectivity index (χ0v) is 15.0. The van der Waals surface area contributed by atoms with Gasteiger partial charge in [-0.1, -0.05) is 0 Å². The van der Waals surface area contributed by atoms with Crippen LogP contribution in [0.25, 0.3) is 5.78 Å². The minimum absolute atomic E-state index is 0.110. The molecule has 0 saturated carbocycles. The average molecular weight is 344 g/mol. The lowest BCUT2D eigenvalue weighted by molar-refractivity contribution is 0.0932. The van der Waals surface area contributed by atoms with Crippen LogP contribution in [0.2, 0.25) is 0 Å². The van der Waals surface area contributed by atoms with Gasteiger partial charge in [0.1, 0.15) is 0 Å². The Morgan fingerprint density at radius 2 is 2.17 bits per heavy atom. The van der Waals surface area contributed by atoms with Gasteiger partial charge in [0.05, 0.1) is 6.04 Å². The van der Waals surface area contributed by atoms with Crippen molar-refractivity contribution in [1.82, 2.24) is 29.8 Å². The first-order valence-electron chi connectivity index (χ1n) is 7.63. The number of carbonyl (C=O) groups excluding carboxylic acids is 1. The van der Waals surface area contributed by atoms with E-state index in [0.29, 0.717) is 12.3 Å². The first-order valence-corrected chi connectivity index (χ1v) is 8.57. The van der Waals surface area contributed by atoms with E-state index >= 15 is 0 Å². The minimum Gasteiger partial charge on any atom is -0.347 e. The van der Waals surface area contributed by atoms with Gasteiger partial charge in [-0.05, 0) is 56.4 Å². The SMILES string of the molecule is Cc1cc(C)n2nc(C(=O)NCC(c3ccsc3)N(C)C)nc2n1. The summed E-state index contributed by atoms with van der Waals surface area (Å²) in [5.74, 6) is 0.290. The van der Waals surface area contributed by atoms with Gasteiger partial charge >= 0.3 is 0 Å². The highest BCUT2D eigenvalue weighted by Gasteiger charge is 2.19. The van der Waals surface area contributed by atoms with E-state index in [2.05, 4.69) is 36.7 Å². The van der Waals surface area contributed by atoms with Crippen molar-refractivity contribution in [2.24, 2.45) is 0 Å². The van der Waals surface area contributed by atoms with Crippen molar-refractivity contribution in [1.29, 1.82) is 0 Å². The molecule has 3 rings (SSSR count). The quantitative estimate of drug-likeness (QED) is 0.764. The summed E-state index contributed by atoms with van der Waals surface area (Å²) >= 11 is 1.65. The molecule has 0 aliphatic heterocycles. The molecule has 0 fully saturated rings. The topological polar surface area (TPSA) is 75.4 Å². The van der Waals surface area contributed by atoms with Gasteiger partial charge in [-0.2, -0.15) is 16.3 Å². The summed E-state index contributed by atoms with van der Waals surface area (Å²) in [5, 5.41) is 11.3. The number of carbonyl (C=O) groups is 1. The molecule has 0 aliphatic rings. The molecule has 1 unspecified atom stereocenters. The predicted molar refractivity (Wildman–Crippen MR) is 93.3 cm³/mol. The highest BCUT2D eigenvalue weighted by Crippen LogP contribution is 2.20. The third-order valence-electron chi connectivity index (χ3n) is 3.83. The summed E-state index contributed by atoms with van der Waals surface area (Å²) in [6.07, 6.45) is 0. The van der Waals surface area contributed by atoms with Gasteiger partial charge in [0, 0.05) is 17.9 Å². The van der Waals surface area contributed by atoms with Crippen LogP contribution in [0.15, 0.2) is 22.9 Å². The molecular formula is C16H20N6OS. The second-order valence-electron chi connectivity index (χ2n) is 5.93. The lowest BCUT2D eigenvalue weighted by Gasteiger charge is -2.23. The zero-order chi connectivity index (χ0) is 17.3. The molecule has 0 bridgehead atoms. The molecule has 0 aromatic carbocycles. The lowest BCUT2D eigenvalue weighted by atomic mass is 10.1. The van der Waals surface area contributed by atoms with Gasteiger partial charge in [0.25, 0.3) is 11.7 Å². The Bertz CT molecular complexity index is 855. The molecule has 0 aliphatic carbocycles. The molecule has 3 aromatic rings. The number of amides is 1. The number of nitrogens with one attached hydrogen (secondary N) is 1. The third kappa shape index (κ3) is 3.29. The normalized spacial score (nSPS) is 12.7. The zero-order valence-electron chi connectivity index (χ0n) is 14.1. The Balaban J connectivity index is 1.76. The monoisotopic (exact) mass is 344 g/mol. The van der Waals surface area contributed by atoms with Crippen molar-refractivity contribution in [2.45, 2.75) is 19.9 Å². The summed E-state index contributed by atoms with van der Waals surface area (Å²) in [6.45, 7) is 4.30. The van der Waals surface area contributed by atoms with E-state index in [4.69, 9.17) is 0 Å². The summed E-state index contributed by atoms with van der Waals surface area (Å²) in [5.41, 5.74) is 2.93.